The van der Waals surface area contributed by atoms with Crippen LogP contribution in [0.1, 0.15) is 11.1 Å². The van der Waals surface area contributed by atoms with Crippen LogP contribution in [0.15, 0.2) is 18.2 Å². The molecule has 1 aliphatic heterocycles. The molecule has 1 aromatic rings. The Morgan fingerprint density at radius 3 is 2.75 bits per heavy atom. The molecule has 3 N–H and O–H groups in total. The molecule has 0 unspecified atom stereocenters. The van der Waals surface area contributed by atoms with Gasteiger partial charge >= 0.3 is 0 Å². The molecule has 0 bridgehead atoms. The third-order valence-electron chi connectivity index (χ3n) is 2.88. The zero-order valence-corrected chi connectivity index (χ0v) is 9.35. The van der Waals surface area contributed by atoms with Crippen LogP contribution in [-0.4, -0.2) is 36.3 Å². The quantitative estimate of drug-likeness (QED) is 0.789. The number of hydrogen-bond acceptors (Lipinski definition) is 4. The van der Waals surface area contributed by atoms with Crippen LogP contribution in [0.2, 0.25) is 0 Å². The van der Waals surface area contributed by atoms with E-state index in [1.54, 1.807) is 6.07 Å². The molecule has 0 radical (unpaired) electrons. The fraction of sp³-hybridized carbons (Fsp3) is 0.500. The molecule has 1 fully saturated rings. The minimum absolute atomic E-state index is 0.351. The van der Waals surface area contributed by atoms with Crippen molar-refractivity contribution < 1.29 is 9.84 Å². The summed E-state index contributed by atoms with van der Waals surface area (Å²) >= 11 is 0. The molecule has 4 heteroatoms. The summed E-state index contributed by atoms with van der Waals surface area (Å²) in [5, 5.41) is 9.76. The van der Waals surface area contributed by atoms with Crippen molar-refractivity contribution in [2.75, 3.05) is 26.3 Å². The molecule has 88 valence electrons. The Morgan fingerprint density at radius 2 is 2.06 bits per heavy atom. The standard InChI is InChI=1S/C12H18N2O2/c13-8-10-1-2-12(15)11(7-10)9-14-3-5-16-6-4-14/h1-2,7,15H,3-6,8-9,13H2. The molecular weight excluding hydrogens is 204 g/mol. The van der Waals surface area contributed by atoms with Gasteiger partial charge in [-0.2, -0.15) is 0 Å². The first kappa shape index (κ1) is 11.4. The zero-order valence-electron chi connectivity index (χ0n) is 9.35. The zero-order chi connectivity index (χ0) is 11.4. The van der Waals surface area contributed by atoms with E-state index in [-0.39, 0.29) is 0 Å². The van der Waals surface area contributed by atoms with Gasteiger partial charge in [-0.1, -0.05) is 6.07 Å². The third-order valence-corrected chi connectivity index (χ3v) is 2.88. The average Bonchev–Trinajstić information content (AvgIpc) is 2.33. The van der Waals surface area contributed by atoms with Crippen LogP contribution in [0, 0.1) is 0 Å². The van der Waals surface area contributed by atoms with Crippen molar-refractivity contribution in [2.24, 2.45) is 5.73 Å². The normalized spacial score (nSPS) is 17.6. The van der Waals surface area contributed by atoms with Crippen molar-refractivity contribution in [3.63, 3.8) is 0 Å². The molecule has 1 saturated heterocycles. The van der Waals surface area contributed by atoms with Crippen LogP contribution in [-0.2, 0) is 17.8 Å². The molecule has 0 aromatic heterocycles. The predicted molar refractivity (Wildman–Crippen MR) is 62.1 cm³/mol. The van der Waals surface area contributed by atoms with E-state index in [9.17, 15) is 5.11 Å². The number of rotatable bonds is 3. The number of hydrogen-bond donors (Lipinski definition) is 2. The van der Waals surface area contributed by atoms with Crippen LogP contribution in [0.25, 0.3) is 0 Å². The van der Waals surface area contributed by atoms with Gasteiger partial charge in [-0.3, -0.25) is 4.90 Å². The molecule has 4 nitrogen and oxygen atoms in total. The molecule has 2 rings (SSSR count). The molecule has 1 heterocycles. The summed E-state index contributed by atoms with van der Waals surface area (Å²) in [7, 11) is 0. The molecule has 0 saturated carbocycles. The Bertz CT molecular complexity index is 349. The molecule has 1 aliphatic rings. The first-order valence-electron chi connectivity index (χ1n) is 5.60. The monoisotopic (exact) mass is 222 g/mol. The lowest BCUT2D eigenvalue weighted by Gasteiger charge is -2.26. The van der Waals surface area contributed by atoms with Crippen LogP contribution >= 0.6 is 0 Å². The van der Waals surface area contributed by atoms with Crippen molar-refractivity contribution in [1.29, 1.82) is 0 Å². The smallest absolute Gasteiger partial charge is 0.120 e. The van der Waals surface area contributed by atoms with E-state index in [4.69, 9.17) is 10.5 Å². The maximum absolute atomic E-state index is 9.76. The number of phenols is 1. The largest absolute Gasteiger partial charge is 0.508 e. The van der Waals surface area contributed by atoms with E-state index in [1.807, 2.05) is 12.1 Å². The van der Waals surface area contributed by atoms with Crippen LogP contribution in [0.5, 0.6) is 5.75 Å². The summed E-state index contributed by atoms with van der Waals surface area (Å²) in [6, 6.07) is 5.56. The Balaban J connectivity index is 2.06. The second-order valence-corrected chi connectivity index (χ2v) is 4.06. The lowest BCUT2D eigenvalue weighted by Crippen LogP contribution is -2.35. The van der Waals surface area contributed by atoms with Gasteiger partial charge in [0, 0.05) is 31.7 Å². The van der Waals surface area contributed by atoms with Crippen molar-refractivity contribution in [3.8, 4) is 5.75 Å². The molecule has 0 atom stereocenters. The number of nitrogens with two attached hydrogens (primary N) is 1. The number of aromatic hydroxyl groups is 1. The number of morpholine rings is 1. The molecule has 0 amide bonds. The summed E-state index contributed by atoms with van der Waals surface area (Å²) in [4.78, 5) is 2.28. The van der Waals surface area contributed by atoms with Gasteiger partial charge < -0.3 is 15.6 Å². The Labute approximate surface area is 95.6 Å². The highest BCUT2D eigenvalue weighted by atomic mass is 16.5. The number of nitrogens with zero attached hydrogens (tertiary/aromatic N) is 1. The number of benzene rings is 1. The van der Waals surface area contributed by atoms with E-state index in [0.717, 1.165) is 44.0 Å². The van der Waals surface area contributed by atoms with Gasteiger partial charge in [0.1, 0.15) is 5.75 Å². The Morgan fingerprint density at radius 1 is 1.31 bits per heavy atom. The van der Waals surface area contributed by atoms with Gasteiger partial charge in [0.25, 0.3) is 0 Å². The van der Waals surface area contributed by atoms with Gasteiger partial charge in [0.05, 0.1) is 13.2 Å². The second-order valence-electron chi connectivity index (χ2n) is 4.06. The van der Waals surface area contributed by atoms with Gasteiger partial charge in [-0.15, -0.1) is 0 Å². The van der Waals surface area contributed by atoms with Crippen LogP contribution in [0.3, 0.4) is 0 Å². The first-order valence-corrected chi connectivity index (χ1v) is 5.60. The molecule has 16 heavy (non-hydrogen) atoms. The maximum Gasteiger partial charge on any atom is 0.120 e. The molecule has 0 aliphatic carbocycles. The van der Waals surface area contributed by atoms with Crippen molar-refractivity contribution >= 4 is 0 Å². The van der Waals surface area contributed by atoms with E-state index in [1.165, 1.54) is 0 Å². The highest BCUT2D eigenvalue weighted by Crippen LogP contribution is 2.20. The summed E-state index contributed by atoms with van der Waals surface area (Å²) in [6.45, 7) is 4.67. The lowest BCUT2D eigenvalue weighted by molar-refractivity contribution is 0.0339. The summed E-state index contributed by atoms with van der Waals surface area (Å²) in [5.74, 6) is 0.351. The Hall–Kier alpha value is -1.10. The predicted octanol–water partition coefficient (Wildman–Crippen LogP) is 0.683. The van der Waals surface area contributed by atoms with E-state index >= 15 is 0 Å². The topological polar surface area (TPSA) is 58.7 Å². The van der Waals surface area contributed by atoms with E-state index in [0.29, 0.717) is 12.3 Å². The van der Waals surface area contributed by atoms with Gasteiger partial charge in [0.2, 0.25) is 0 Å². The highest BCUT2D eigenvalue weighted by Gasteiger charge is 2.12. The highest BCUT2D eigenvalue weighted by molar-refractivity contribution is 5.36. The van der Waals surface area contributed by atoms with Crippen molar-refractivity contribution in [2.45, 2.75) is 13.1 Å². The Kier molecular flexibility index (Phi) is 3.77. The number of phenolic OH excluding ortho intramolecular Hbond substituents is 1. The molecule has 0 spiro atoms. The second kappa shape index (κ2) is 5.30. The molecule has 1 aromatic carbocycles. The van der Waals surface area contributed by atoms with Gasteiger partial charge in [-0.25, -0.2) is 0 Å². The SMILES string of the molecule is NCc1ccc(O)c(CN2CCOCC2)c1. The average molecular weight is 222 g/mol. The summed E-state index contributed by atoms with van der Waals surface area (Å²) in [5.41, 5.74) is 7.59. The third kappa shape index (κ3) is 2.72. The minimum Gasteiger partial charge on any atom is -0.508 e. The first-order chi connectivity index (χ1) is 7.79. The summed E-state index contributed by atoms with van der Waals surface area (Å²) in [6.07, 6.45) is 0. The van der Waals surface area contributed by atoms with Gasteiger partial charge in [0.15, 0.2) is 0 Å². The van der Waals surface area contributed by atoms with Crippen LogP contribution in [0.4, 0.5) is 0 Å². The maximum atomic E-state index is 9.76. The van der Waals surface area contributed by atoms with Crippen molar-refractivity contribution in [1.82, 2.24) is 4.90 Å². The minimum atomic E-state index is 0.351. The van der Waals surface area contributed by atoms with E-state index in [2.05, 4.69) is 4.90 Å². The van der Waals surface area contributed by atoms with Gasteiger partial charge in [-0.05, 0) is 17.7 Å². The summed E-state index contributed by atoms with van der Waals surface area (Å²) < 4.78 is 5.29. The fourth-order valence-electron chi connectivity index (χ4n) is 1.89. The van der Waals surface area contributed by atoms with E-state index < -0.39 is 0 Å². The lowest BCUT2D eigenvalue weighted by atomic mass is 10.1. The molecular formula is C12H18N2O2. The van der Waals surface area contributed by atoms with Crippen molar-refractivity contribution in [3.05, 3.63) is 29.3 Å². The van der Waals surface area contributed by atoms with Crippen LogP contribution < -0.4 is 5.73 Å². The fourth-order valence-corrected chi connectivity index (χ4v) is 1.89. The number of ether oxygens (including phenoxy) is 1.